The predicted octanol–water partition coefficient (Wildman–Crippen LogP) is 3.13. The molecule has 1 saturated carbocycles. The van der Waals surface area contributed by atoms with Gasteiger partial charge in [-0.15, -0.1) is 0 Å². The standard InChI is InChI=1S/C14H23F2N3O/c1-3-8-19-13(11(20-2)9-18-19)12(17)10-4-6-14(15,16)7-5-10/h9-10,12H,3-8,17H2,1-2H3. The lowest BCUT2D eigenvalue weighted by Gasteiger charge is -2.32. The summed E-state index contributed by atoms with van der Waals surface area (Å²) in [5.41, 5.74) is 7.16. The van der Waals surface area contributed by atoms with Gasteiger partial charge in [-0.2, -0.15) is 5.10 Å². The summed E-state index contributed by atoms with van der Waals surface area (Å²) in [6.07, 6.45) is 3.35. The van der Waals surface area contributed by atoms with Crippen molar-refractivity contribution >= 4 is 0 Å². The summed E-state index contributed by atoms with van der Waals surface area (Å²) in [5, 5.41) is 4.28. The van der Waals surface area contributed by atoms with Crippen molar-refractivity contribution in [3.63, 3.8) is 0 Å². The summed E-state index contributed by atoms with van der Waals surface area (Å²) in [7, 11) is 1.58. The summed E-state index contributed by atoms with van der Waals surface area (Å²) in [6.45, 7) is 2.82. The van der Waals surface area contributed by atoms with Crippen molar-refractivity contribution in [3.8, 4) is 5.75 Å². The third-order valence-electron chi connectivity index (χ3n) is 4.09. The van der Waals surface area contributed by atoms with Crippen LogP contribution in [0.25, 0.3) is 0 Å². The molecule has 1 aromatic rings. The van der Waals surface area contributed by atoms with Crippen molar-refractivity contribution < 1.29 is 13.5 Å². The van der Waals surface area contributed by atoms with Crippen LogP contribution in [0.15, 0.2) is 6.20 Å². The fourth-order valence-corrected chi connectivity index (χ4v) is 2.91. The lowest BCUT2D eigenvalue weighted by atomic mass is 9.81. The van der Waals surface area contributed by atoms with Crippen molar-refractivity contribution in [1.82, 2.24) is 9.78 Å². The maximum atomic E-state index is 13.2. The fraction of sp³-hybridized carbons (Fsp3) is 0.786. The van der Waals surface area contributed by atoms with Crippen LogP contribution in [-0.2, 0) is 6.54 Å². The molecule has 20 heavy (non-hydrogen) atoms. The van der Waals surface area contributed by atoms with Crippen LogP contribution in [0.5, 0.6) is 5.75 Å². The summed E-state index contributed by atoms with van der Waals surface area (Å²) in [5.74, 6) is -1.80. The van der Waals surface area contributed by atoms with Gasteiger partial charge in [-0.25, -0.2) is 8.78 Å². The third-order valence-corrected chi connectivity index (χ3v) is 4.09. The second kappa shape index (κ2) is 6.08. The number of alkyl halides is 2. The Hall–Kier alpha value is -1.17. The van der Waals surface area contributed by atoms with Gasteiger partial charge >= 0.3 is 0 Å². The zero-order valence-electron chi connectivity index (χ0n) is 12.1. The molecule has 1 aliphatic carbocycles. The summed E-state index contributed by atoms with van der Waals surface area (Å²) >= 11 is 0. The van der Waals surface area contributed by atoms with E-state index >= 15 is 0 Å². The molecule has 4 nitrogen and oxygen atoms in total. The predicted molar refractivity (Wildman–Crippen MR) is 72.9 cm³/mol. The Kier molecular flexibility index (Phi) is 4.62. The minimum atomic E-state index is -2.52. The fourth-order valence-electron chi connectivity index (χ4n) is 2.91. The van der Waals surface area contributed by atoms with Gasteiger partial charge in [-0.3, -0.25) is 4.68 Å². The van der Waals surface area contributed by atoms with Gasteiger partial charge in [0.25, 0.3) is 0 Å². The Labute approximate surface area is 118 Å². The zero-order chi connectivity index (χ0) is 14.8. The molecular weight excluding hydrogens is 264 g/mol. The number of halogens is 2. The summed E-state index contributed by atoms with van der Waals surface area (Å²) in [4.78, 5) is 0. The number of hydrogen-bond acceptors (Lipinski definition) is 3. The molecule has 1 atom stereocenters. The molecule has 0 radical (unpaired) electrons. The van der Waals surface area contributed by atoms with Crippen LogP contribution in [-0.4, -0.2) is 22.8 Å². The van der Waals surface area contributed by atoms with Gasteiger partial charge < -0.3 is 10.5 Å². The molecule has 1 aliphatic rings. The molecule has 0 aromatic carbocycles. The topological polar surface area (TPSA) is 53.1 Å². The van der Waals surface area contributed by atoms with E-state index in [0.29, 0.717) is 18.6 Å². The van der Waals surface area contributed by atoms with E-state index in [1.807, 2.05) is 4.68 Å². The average Bonchev–Trinajstić information content (AvgIpc) is 2.81. The summed E-state index contributed by atoms with van der Waals surface area (Å²) in [6, 6.07) is -0.296. The third kappa shape index (κ3) is 3.11. The van der Waals surface area contributed by atoms with Crippen LogP contribution in [0, 0.1) is 5.92 Å². The molecule has 1 aromatic heterocycles. The molecule has 114 valence electrons. The number of nitrogens with zero attached hydrogens (tertiary/aromatic N) is 2. The first kappa shape index (κ1) is 15.2. The van der Waals surface area contributed by atoms with Gasteiger partial charge in [-0.1, -0.05) is 6.92 Å². The first-order valence-electron chi connectivity index (χ1n) is 7.21. The number of methoxy groups -OCH3 is 1. The van der Waals surface area contributed by atoms with Crippen LogP contribution in [0.2, 0.25) is 0 Å². The lowest BCUT2D eigenvalue weighted by molar-refractivity contribution is -0.0486. The van der Waals surface area contributed by atoms with Crippen molar-refractivity contribution in [2.24, 2.45) is 11.7 Å². The number of aryl methyl sites for hydroxylation is 1. The van der Waals surface area contributed by atoms with Gasteiger partial charge in [0.1, 0.15) is 0 Å². The van der Waals surface area contributed by atoms with E-state index in [1.54, 1.807) is 13.3 Å². The highest BCUT2D eigenvalue weighted by Crippen LogP contribution is 2.42. The van der Waals surface area contributed by atoms with Crippen LogP contribution in [0.3, 0.4) is 0 Å². The first-order valence-corrected chi connectivity index (χ1v) is 7.21. The zero-order valence-corrected chi connectivity index (χ0v) is 12.1. The van der Waals surface area contributed by atoms with E-state index in [0.717, 1.165) is 18.7 Å². The number of aromatic nitrogens is 2. The molecule has 0 spiro atoms. The second-order valence-electron chi connectivity index (χ2n) is 5.54. The molecule has 1 heterocycles. The maximum Gasteiger partial charge on any atom is 0.248 e. The number of hydrogen-bond donors (Lipinski definition) is 1. The number of nitrogens with two attached hydrogens (primary N) is 1. The van der Waals surface area contributed by atoms with E-state index < -0.39 is 5.92 Å². The lowest BCUT2D eigenvalue weighted by Crippen LogP contribution is -2.32. The molecule has 0 saturated heterocycles. The van der Waals surface area contributed by atoms with Gasteiger partial charge in [0.2, 0.25) is 5.92 Å². The maximum absolute atomic E-state index is 13.2. The molecule has 0 amide bonds. The minimum absolute atomic E-state index is 0.0656. The van der Waals surface area contributed by atoms with E-state index in [-0.39, 0.29) is 24.8 Å². The van der Waals surface area contributed by atoms with E-state index in [9.17, 15) is 8.78 Å². The first-order chi connectivity index (χ1) is 9.48. The normalized spacial score (nSPS) is 20.9. The van der Waals surface area contributed by atoms with Crippen LogP contribution in [0.1, 0.15) is 50.8 Å². The van der Waals surface area contributed by atoms with Crippen LogP contribution >= 0.6 is 0 Å². The average molecular weight is 287 g/mol. The Morgan fingerprint density at radius 2 is 2.15 bits per heavy atom. The van der Waals surface area contributed by atoms with Crippen molar-refractivity contribution in [2.75, 3.05) is 7.11 Å². The Morgan fingerprint density at radius 3 is 2.70 bits per heavy atom. The second-order valence-corrected chi connectivity index (χ2v) is 5.54. The molecule has 2 rings (SSSR count). The molecule has 2 N–H and O–H groups in total. The number of ether oxygens (including phenoxy) is 1. The molecule has 1 unspecified atom stereocenters. The van der Waals surface area contributed by atoms with Crippen molar-refractivity contribution in [1.29, 1.82) is 0 Å². The van der Waals surface area contributed by atoms with Crippen LogP contribution < -0.4 is 10.5 Å². The highest BCUT2D eigenvalue weighted by molar-refractivity contribution is 5.28. The van der Waals surface area contributed by atoms with E-state index in [2.05, 4.69) is 12.0 Å². The van der Waals surface area contributed by atoms with Gasteiger partial charge in [-0.05, 0) is 25.2 Å². The summed E-state index contributed by atoms with van der Waals surface area (Å²) < 4.78 is 33.6. The Bertz CT molecular complexity index is 438. The quantitative estimate of drug-likeness (QED) is 0.905. The largest absolute Gasteiger partial charge is 0.493 e. The minimum Gasteiger partial charge on any atom is -0.493 e. The Balaban J connectivity index is 2.16. The molecule has 0 bridgehead atoms. The highest BCUT2D eigenvalue weighted by atomic mass is 19.3. The molecule has 6 heteroatoms. The number of rotatable bonds is 5. The van der Waals surface area contributed by atoms with Crippen molar-refractivity contribution in [3.05, 3.63) is 11.9 Å². The smallest absolute Gasteiger partial charge is 0.248 e. The Morgan fingerprint density at radius 1 is 1.50 bits per heavy atom. The molecule has 1 fully saturated rings. The van der Waals surface area contributed by atoms with Crippen molar-refractivity contribution in [2.45, 2.75) is 57.5 Å². The van der Waals surface area contributed by atoms with Gasteiger partial charge in [0.15, 0.2) is 5.75 Å². The SMILES string of the molecule is CCCn1ncc(OC)c1C(N)C1CCC(F)(F)CC1. The molecule has 0 aliphatic heterocycles. The van der Waals surface area contributed by atoms with E-state index in [1.165, 1.54) is 0 Å². The van der Waals surface area contributed by atoms with E-state index in [4.69, 9.17) is 10.5 Å². The monoisotopic (exact) mass is 287 g/mol. The highest BCUT2D eigenvalue weighted by Gasteiger charge is 2.38. The van der Waals surface area contributed by atoms with Gasteiger partial charge in [0, 0.05) is 19.4 Å². The van der Waals surface area contributed by atoms with Gasteiger partial charge in [0.05, 0.1) is 25.0 Å². The molecular formula is C14H23F2N3O. The van der Waals surface area contributed by atoms with Crippen LogP contribution in [0.4, 0.5) is 8.78 Å².